The van der Waals surface area contributed by atoms with Gasteiger partial charge in [0.1, 0.15) is 17.2 Å². The van der Waals surface area contributed by atoms with Crippen LogP contribution in [0.25, 0.3) is 0 Å². The molecule has 0 radical (unpaired) electrons. The van der Waals surface area contributed by atoms with Crippen molar-refractivity contribution in [2.75, 3.05) is 0 Å². The van der Waals surface area contributed by atoms with Gasteiger partial charge in [0.2, 0.25) is 0 Å². The van der Waals surface area contributed by atoms with E-state index < -0.39 is 0 Å². The Kier molecular flexibility index (Phi) is 2.96. The van der Waals surface area contributed by atoms with Crippen LogP contribution < -0.4 is 0 Å². The monoisotopic (exact) mass is 229 g/mol. The van der Waals surface area contributed by atoms with Crippen molar-refractivity contribution in [2.45, 2.75) is 0 Å². The fourth-order valence-corrected chi connectivity index (χ4v) is 1.41. The van der Waals surface area contributed by atoms with Gasteiger partial charge in [-0.1, -0.05) is 6.07 Å². The minimum Gasteiger partial charge on any atom is -0.508 e. The molecule has 0 aromatic heterocycles. The summed E-state index contributed by atoms with van der Waals surface area (Å²) in [5, 5.41) is 27.8. The second kappa shape index (κ2) is 4.57. The summed E-state index contributed by atoms with van der Waals surface area (Å²) in [6.07, 6.45) is 1.49. The molecule has 4 nitrogen and oxygen atoms in total. The molecule has 0 aliphatic carbocycles. The van der Waals surface area contributed by atoms with E-state index in [0.717, 1.165) is 0 Å². The molecule has 0 amide bonds. The first-order valence-electron chi connectivity index (χ1n) is 4.99. The zero-order valence-electron chi connectivity index (χ0n) is 8.91. The summed E-state index contributed by atoms with van der Waals surface area (Å²) < 4.78 is 0. The largest absolute Gasteiger partial charge is 0.508 e. The maximum Gasteiger partial charge on any atom is 0.119 e. The lowest BCUT2D eigenvalue weighted by Crippen LogP contribution is -1.80. The molecule has 86 valence electrons. The molecule has 0 spiro atoms. The van der Waals surface area contributed by atoms with Crippen molar-refractivity contribution in [3.05, 3.63) is 48.0 Å². The average molecular weight is 229 g/mol. The van der Waals surface area contributed by atoms with Gasteiger partial charge in [0.25, 0.3) is 0 Å². The molecule has 2 aromatic rings. The van der Waals surface area contributed by atoms with Gasteiger partial charge in [0.15, 0.2) is 0 Å². The van der Waals surface area contributed by atoms with Crippen LogP contribution in [0.2, 0.25) is 0 Å². The van der Waals surface area contributed by atoms with E-state index in [0.29, 0.717) is 11.3 Å². The normalized spacial score (nSPS) is 10.8. The molecule has 4 heteroatoms. The first-order valence-corrected chi connectivity index (χ1v) is 4.99. The third-order valence-electron chi connectivity index (χ3n) is 2.12. The minimum absolute atomic E-state index is 0.0256. The van der Waals surface area contributed by atoms with Crippen LogP contribution in [-0.2, 0) is 0 Å². The van der Waals surface area contributed by atoms with Gasteiger partial charge in [-0.05, 0) is 24.3 Å². The van der Waals surface area contributed by atoms with E-state index in [-0.39, 0.29) is 17.2 Å². The van der Waals surface area contributed by atoms with E-state index in [2.05, 4.69) is 4.99 Å². The van der Waals surface area contributed by atoms with E-state index in [1.165, 1.54) is 30.5 Å². The highest BCUT2D eigenvalue weighted by Gasteiger charge is 1.96. The zero-order chi connectivity index (χ0) is 12.3. The molecule has 0 aliphatic rings. The van der Waals surface area contributed by atoms with Crippen molar-refractivity contribution in [1.29, 1.82) is 0 Å². The molecule has 0 heterocycles. The molecule has 17 heavy (non-hydrogen) atoms. The first-order chi connectivity index (χ1) is 8.13. The van der Waals surface area contributed by atoms with Crippen LogP contribution in [0, 0.1) is 0 Å². The molecule has 0 aliphatic heterocycles. The van der Waals surface area contributed by atoms with Crippen molar-refractivity contribution in [1.82, 2.24) is 0 Å². The summed E-state index contributed by atoms with van der Waals surface area (Å²) in [6.45, 7) is 0. The second-order valence-electron chi connectivity index (χ2n) is 3.56. The molecule has 0 saturated heterocycles. The van der Waals surface area contributed by atoms with Gasteiger partial charge in [-0.15, -0.1) is 0 Å². The summed E-state index contributed by atoms with van der Waals surface area (Å²) in [5.74, 6) is 0.0862. The molecule has 0 fully saturated rings. The van der Waals surface area contributed by atoms with Crippen LogP contribution >= 0.6 is 0 Å². The lowest BCUT2D eigenvalue weighted by atomic mass is 10.2. The SMILES string of the molecule is Oc1cc(O)cc(C=Nc2cccc(O)c2)c1. The van der Waals surface area contributed by atoms with Crippen LogP contribution in [0.3, 0.4) is 0 Å². The highest BCUT2D eigenvalue weighted by Crippen LogP contribution is 2.21. The first kappa shape index (κ1) is 11.0. The van der Waals surface area contributed by atoms with E-state index in [1.54, 1.807) is 18.2 Å². The number of hydrogen-bond donors (Lipinski definition) is 3. The summed E-state index contributed by atoms with van der Waals surface area (Å²) in [5.41, 5.74) is 1.17. The van der Waals surface area contributed by atoms with Crippen LogP contribution in [0.15, 0.2) is 47.5 Å². The van der Waals surface area contributed by atoms with Gasteiger partial charge in [-0.25, -0.2) is 0 Å². The highest BCUT2D eigenvalue weighted by molar-refractivity contribution is 5.83. The predicted molar refractivity (Wildman–Crippen MR) is 65.1 cm³/mol. The third-order valence-corrected chi connectivity index (χ3v) is 2.12. The predicted octanol–water partition coefficient (Wildman–Crippen LogP) is 2.55. The molecular formula is C13H11NO3. The lowest BCUT2D eigenvalue weighted by molar-refractivity contribution is 0.450. The third kappa shape index (κ3) is 2.98. The van der Waals surface area contributed by atoms with Gasteiger partial charge in [-0.3, -0.25) is 4.99 Å². The second-order valence-corrected chi connectivity index (χ2v) is 3.56. The summed E-state index contributed by atoms with van der Waals surface area (Å²) in [7, 11) is 0. The number of hydrogen-bond acceptors (Lipinski definition) is 4. The Bertz CT molecular complexity index is 544. The van der Waals surface area contributed by atoms with E-state index in [9.17, 15) is 15.3 Å². The maximum absolute atomic E-state index is 9.27. The molecule has 0 unspecified atom stereocenters. The van der Waals surface area contributed by atoms with Gasteiger partial charge in [0.05, 0.1) is 5.69 Å². The quantitative estimate of drug-likeness (QED) is 0.693. The molecule has 0 atom stereocenters. The van der Waals surface area contributed by atoms with Crippen molar-refractivity contribution in [3.8, 4) is 17.2 Å². The fraction of sp³-hybridized carbons (Fsp3) is 0. The van der Waals surface area contributed by atoms with E-state index in [4.69, 9.17) is 0 Å². The molecule has 0 saturated carbocycles. The summed E-state index contributed by atoms with van der Waals surface area (Å²) >= 11 is 0. The molecule has 0 bridgehead atoms. The van der Waals surface area contributed by atoms with Gasteiger partial charge >= 0.3 is 0 Å². The van der Waals surface area contributed by atoms with Crippen molar-refractivity contribution in [3.63, 3.8) is 0 Å². The number of phenolic OH excluding ortho intramolecular Hbond substituents is 3. The van der Waals surface area contributed by atoms with Crippen LogP contribution in [0.1, 0.15) is 5.56 Å². The number of aromatic hydroxyl groups is 3. The zero-order valence-corrected chi connectivity index (χ0v) is 8.91. The Morgan fingerprint density at radius 1 is 0.824 bits per heavy atom. The van der Waals surface area contributed by atoms with Crippen LogP contribution in [-0.4, -0.2) is 21.5 Å². The van der Waals surface area contributed by atoms with Gasteiger partial charge < -0.3 is 15.3 Å². The number of aliphatic imine (C=N–C) groups is 1. The van der Waals surface area contributed by atoms with Crippen LogP contribution in [0.4, 0.5) is 5.69 Å². The number of phenols is 3. The van der Waals surface area contributed by atoms with Crippen molar-refractivity contribution >= 4 is 11.9 Å². The van der Waals surface area contributed by atoms with Gasteiger partial charge in [-0.2, -0.15) is 0 Å². The Morgan fingerprint density at radius 2 is 1.53 bits per heavy atom. The Hall–Kier alpha value is -2.49. The summed E-state index contributed by atoms with van der Waals surface area (Å²) in [6, 6.07) is 10.7. The minimum atomic E-state index is -0.0256. The standard InChI is InChI=1S/C13H11NO3/c15-11-3-1-2-10(6-11)14-8-9-4-12(16)7-13(17)5-9/h1-8,15-17H. The molecular weight excluding hydrogens is 218 g/mol. The lowest BCUT2D eigenvalue weighted by Gasteiger charge is -1.98. The van der Waals surface area contributed by atoms with E-state index >= 15 is 0 Å². The molecule has 3 N–H and O–H groups in total. The molecule has 2 aromatic carbocycles. The Morgan fingerprint density at radius 3 is 2.18 bits per heavy atom. The Balaban J connectivity index is 2.25. The van der Waals surface area contributed by atoms with Crippen molar-refractivity contribution in [2.24, 2.45) is 4.99 Å². The fourth-order valence-electron chi connectivity index (χ4n) is 1.41. The number of rotatable bonds is 2. The Labute approximate surface area is 98.1 Å². The smallest absolute Gasteiger partial charge is 0.119 e. The highest BCUT2D eigenvalue weighted by atomic mass is 16.3. The average Bonchev–Trinajstić information content (AvgIpc) is 2.25. The number of benzene rings is 2. The number of nitrogens with zero attached hydrogens (tertiary/aromatic N) is 1. The van der Waals surface area contributed by atoms with Crippen LogP contribution in [0.5, 0.6) is 17.2 Å². The summed E-state index contributed by atoms with van der Waals surface area (Å²) in [4.78, 5) is 4.11. The van der Waals surface area contributed by atoms with Gasteiger partial charge in [0, 0.05) is 23.9 Å². The van der Waals surface area contributed by atoms with Crippen molar-refractivity contribution < 1.29 is 15.3 Å². The maximum atomic E-state index is 9.27. The van der Waals surface area contributed by atoms with E-state index in [1.807, 2.05) is 0 Å². The molecule has 2 rings (SSSR count). The topological polar surface area (TPSA) is 73.0 Å².